The Labute approximate surface area is 121 Å². The molecule has 104 valence electrons. The Bertz CT molecular complexity index is 484. The average molecular weight is 327 g/mol. The van der Waals surface area contributed by atoms with Gasteiger partial charge in [-0.2, -0.15) is 0 Å². The van der Waals surface area contributed by atoms with Gasteiger partial charge in [0.15, 0.2) is 0 Å². The number of nitrogens with zero attached hydrogens (tertiary/aromatic N) is 1. The molecule has 2 aliphatic rings. The van der Waals surface area contributed by atoms with Crippen molar-refractivity contribution in [3.05, 3.63) is 22.4 Å². The van der Waals surface area contributed by atoms with Crippen molar-refractivity contribution >= 4 is 21.8 Å². The lowest BCUT2D eigenvalue weighted by Gasteiger charge is -2.40. The van der Waals surface area contributed by atoms with Crippen molar-refractivity contribution in [2.24, 2.45) is 0 Å². The van der Waals surface area contributed by atoms with E-state index < -0.39 is 0 Å². The van der Waals surface area contributed by atoms with Gasteiger partial charge in [0.05, 0.1) is 5.60 Å². The monoisotopic (exact) mass is 326 g/mol. The zero-order valence-corrected chi connectivity index (χ0v) is 12.7. The Morgan fingerprint density at radius 2 is 2.32 bits per heavy atom. The van der Waals surface area contributed by atoms with E-state index in [0.29, 0.717) is 12.6 Å². The third-order valence-electron chi connectivity index (χ3n) is 4.26. The smallest absolute Gasteiger partial charge is 0.268 e. The van der Waals surface area contributed by atoms with E-state index in [0.717, 1.165) is 23.0 Å². The second-order valence-electron chi connectivity index (χ2n) is 5.61. The quantitative estimate of drug-likeness (QED) is 0.904. The van der Waals surface area contributed by atoms with Gasteiger partial charge in [0.1, 0.15) is 5.69 Å². The summed E-state index contributed by atoms with van der Waals surface area (Å²) in [6.07, 6.45) is 7.61. The third kappa shape index (κ3) is 2.58. The van der Waals surface area contributed by atoms with E-state index in [4.69, 9.17) is 4.74 Å². The highest BCUT2D eigenvalue weighted by molar-refractivity contribution is 9.10. The Hall–Kier alpha value is -0.810. The highest BCUT2D eigenvalue weighted by Gasteiger charge is 2.37. The molecule has 1 aromatic rings. The maximum Gasteiger partial charge on any atom is 0.268 e. The summed E-state index contributed by atoms with van der Waals surface area (Å²) in [6.45, 7) is 0.607. The topological polar surface area (TPSA) is 43.3 Å². The molecule has 2 saturated carbocycles. The minimum Gasteiger partial charge on any atom is -0.376 e. The van der Waals surface area contributed by atoms with Crippen molar-refractivity contribution in [3.63, 3.8) is 0 Å². The van der Waals surface area contributed by atoms with Gasteiger partial charge in [0, 0.05) is 30.4 Å². The fourth-order valence-corrected chi connectivity index (χ4v) is 3.08. The second kappa shape index (κ2) is 4.94. The third-order valence-corrected chi connectivity index (χ3v) is 4.69. The SMILES string of the molecule is COC1(CNC(=O)c2cc(Br)cn2C2CC2)CCC1. The van der Waals surface area contributed by atoms with Gasteiger partial charge in [-0.1, -0.05) is 0 Å². The zero-order chi connectivity index (χ0) is 13.5. The summed E-state index contributed by atoms with van der Waals surface area (Å²) in [5, 5.41) is 3.02. The van der Waals surface area contributed by atoms with Crippen LogP contribution in [0, 0.1) is 0 Å². The minimum atomic E-state index is -0.121. The first kappa shape index (κ1) is 13.2. The van der Waals surface area contributed by atoms with Gasteiger partial charge in [0.25, 0.3) is 5.91 Å². The first-order valence-corrected chi connectivity index (χ1v) is 7.64. The van der Waals surface area contributed by atoms with Gasteiger partial charge in [0.2, 0.25) is 0 Å². The maximum absolute atomic E-state index is 12.3. The van der Waals surface area contributed by atoms with Crippen LogP contribution in [-0.4, -0.2) is 29.7 Å². The molecule has 1 aromatic heterocycles. The molecule has 4 nitrogen and oxygen atoms in total. The van der Waals surface area contributed by atoms with Crippen LogP contribution in [0.3, 0.4) is 0 Å². The molecule has 1 heterocycles. The standard InChI is InChI=1S/C14H19BrN2O2/c1-19-14(5-2-6-14)9-16-13(18)12-7-10(15)8-17(12)11-3-4-11/h7-8,11H,2-6,9H2,1H3,(H,16,18). The van der Waals surface area contributed by atoms with E-state index in [-0.39, 0.29) is 11.5 Å². The number of amides is 1. The number of ether oxygens (including phenoxy) is 1. The highest BCUT2D eigenvalue weighted by Crippen LogP contribution is 2.38. The molecule has 2 aliphatic carbocycles. The minimum absolute atomic E-state index is 0.000856. The molecule has 0 saturated heterocycles. The predicted octanol–water partition coefficient (Wildman–Crippen LogP) is 2.88. The Kier molecular flexibility index (Phi) is 3.43. The summed E-state index contributed by atoms with van der Waals surface area (Å²) in [4.78, 5) is 12.3. The summed E-state index contributed by atoms with van der Waals surface area (Å²) in [5.74, 6) is 0.000856. The molecule has 0 aliphatic heterocycles. The van der Waals surface area contributed by atoms with Gasteiger partial charge in [-0.15, -0.1) is 0 Å². The zero-order valence-electron chi connectivity index (χ0n) is 11.1. The number of rotatable bonds is 5. The van der Waals surface area contributed by atoms with E-state index in [1.165, 1.54) is 19.3 Å². The Balaban J connectivity index is 1.67. The lowest BCUT2D eigenvalue weighted by atomic mass is 9.80. The van der Waals surface area contributed by atoms with Crippen LogP contribution in [0.25, 0.3) is 0 Å². The van der Waals surface area contributed by atoms with Crippen molar-refractivity contribution in [1.29, 1.82) is 0 Å². The van der Waals surface area contributed by atoms with E-state index in [2.05, 4.69) is 25.8 Å². The molecular formula is C14H19BrN2O2. The molecule has 2 fully saturated rings. The van der Waals surface area contributed by atoms with Gasteiger partial charge < -0.3 is 14.6 Å². The molecule has 0 atom stereocenters. The number of carbonyl (C=O) groups is 1. The van der Waals surface area contributed by atoms with Crippen molar-refractivity contribution in [2.45, 2.75) is 43.7 Å². The van der Waals surface area contributed by atoms with Crippen LogP contribution in [0.15, 0.2) is 16.7 Å². The van der Waals surface area contributed by atoms with Crippen LogP contribution in [0.1, 0.15) is 48.6 Å². The van der Waals surface area contributed by atoms with E-state index in [9.17, 15) is 4.79 Å². The van der Waals surface area contributed by atoms with Gasteiger partial charge in [-0.25, -0.2) is 0 Å². The fourth-order valence-electron chi connectivity index (χ4n) is 2.64. The molecule has 1 amide bonds. The van der Waals surface area contributed by atoms with Gasteiger partial charge >= 0.3 is 0 Å². The number of hydrogen-bond acceptors (Lipinski definition) is 2. The van der Waals surface area contributed by atoms with Crippen LogP contribution in [0.2, 0.25) is 0 Å². The molecule has 0 aromatic carbocycles. The normalized spacial score (nSPS) is 20.9. The molecule has 0 radical (unpaired) electrons. The van der Waals surface area contributed by atoms with Crippen LogP contribution in [-0.2, 0) is 4.74 Å². The van der Waals surface area contributed by atoms with Crippen LogP contribution >= 0.6 is 15.9 Å². The lowest BCUT2D eigenvalue weighted by molar-refractivity contribution is -0.0679. The number of nitrogens with one attached hydrogen (secondary N) is 1. The molecule has 0 bridgehead atoms. The molecule has 1 N–H and O–H groups in total. The Morgan fingerprint density at radius 1 is 1.58 bits per heavy atom. The highest BCUT2D eigenvalue weighted by atomic mass is 79.9. The molecule has 0 spiro atoms. The molecule has 0 unspecified atom stereocenters. The first-order valence-electron chi connectivity index (χ1n) is 6.84. The Morgan fingerprint density at radius 3 is 2.84 bits per heavy atom. The number of aromatic nitrogens is 1. The summed E-state index contributed by atoms with van der Waals surface area (Å²) in [6, 6.07) is 2.40. The number of carbonyl (C=O) groups excluding carboxylic acids is 1. The van der Waals surface area contributed by atoms with E-state index >= 15 is 0 Å². The molecule has 3 rings (SSSR count). The molecular weight excluding hydrogens is 308 g/mol. The van der Waals surface area contributed by atoms with Crippen molar-refractivity contribution < 1.29 is 9.53 Å². The summed E-state index contributed by atoms with van der Waals surface area (Å²) >= 11 is 3.45. The second-order valence-corrected chi connectivity index (χ2v) is 6.52. The first-order chi connectivity index (χ1) is 9.13. The summed E-state index contributed by atoms with van der Waals surface area (Å²) in [5.41, 5.74) is 0.629. The predicted molar refractivity (Wildman–Crippen MR) is 76.3 cm³/mol. The largest absolute Gasteiger partial charge is 0.376 e. The lowest BCUT2D eigenvalue weighted by Crippen LogP contribution is -2.49. The summed E-state index contributed by atoms with van der Waals surface area (Å²) in [7, 11) is 1.73. The van der Waals surface area contributed by atoms with E-state index in [1.807, 2.05) is 12.3 Å². The summed E-state index contributed by atoms with van der Waals surface area (Å²) < 4.78 is 8.57. The van der Waals surface area contributed by atoms with Gasteiger partial charge in [-0.3, -0.25) is 4.79 Å². The van der Waals surface area contributed by atoms with Crippen LogP contribution < -0.4 is 5.32 Å². The van der Waals surface area contributed by atoms with Crippen molar-refractivity contribution in [1.82, 2.24) is 9.88 Å². The van der Waals surface area contributed by atoms with Crippen LogP contribution in [0.4, 0.5) is 0 Å². The molecule has 5 heteroatoms. The average Bonchev–Trinajstić information content (AvgIpc) is 3.11. The van der Waals surface area contributed by atoms with Gasteiger partial charge in [-0.05, 0) is 54.1 Å². The van der Waals surface area contributed by atoms with Crippen LogP contribution in [0.5, 0.6) is 0 Å². The number of methoxy groups -OCH3 is 1. The number of hydrogen-bond donors (Lipinski definition) is 1. The fraction of sp³-hybridized carbons (Fsp3) is 0.643. The number of halogens is 1. The molecule has 19 heavy (non-hydrogen) atoms. The van der Waals surface area contributed by atoms with E-state index in [1.54, 1.807) is 7.11 Å². The van der Waals surface area contributed by atoms with Crippen molar-refractivity contribution in [3.8, 4) is 0 Å². The van der Waals surface area contributed by atoms with Crippen molar-refractivity contribution in [2.75, 3.05) is 13.7 Å². The maximum atomic E-state index is 12.3.